The quantitative estimate of drug-likeness (QED) is 0.510. The standard InChI is InChI=1S/C23H21F4N3O4/c1-13(23(25,26)27)29(11-14-6-8-15(24)9-7-14)19(32)12-30-20(33)22(28-21(30)34)10-18(31)16-4-2-3-5-17(16)22/h2-9,13,18,31H,10-12H2,1H3,(H,28,34)/t13?,18-,22+/m1/s1. The van der Waals surface area contributed by atoms with Crippen molar-refractivity contribution >= 4 is 17.8 Å². The number of hydrogen-bond acceptors (Lipinski definition) is 4. The smallest absolute Gasteiger partial charge is 0.388 e. The summed E-state index contributed by atoms with van der Waals surface area (Å²) in [6, 6.07) is 7.91. The molecule has 0 saturated carbocycles. The highest BCUT2D eigenvalue weighted by atomic mass is 19.4. The number of carbonyl (C=O) groups is 3. The Bertz CT molecular complexity index is 1140. The molecule has 2 aromatic rings. The van der Waals surface area contributed by atoms with Gasteiger partial charge in [-0.2, -0.15) is 13.2 Å². The molecule has 11 heteroatoms. The monoisotopic (exact) mass is 479 g/mol. The van der Waals surface area contributed by atoms with Crippen LogP contribution in [0.15, 0.2) is 48.5 Å². The zero-order valence-electron chi connectivity index (χ0n) is 18.0. The largest absolute Gasteiger partial charge is 0.408 e. The van der Waals surface area contributed by atoms with E-state index in [1.165, 1.54) is 12.1 Å². The summed E-state index contributed by atoms with van der Waals surface area (Å²) in [5, 5.41) is 12.9. The second kappa shape index (κ2) is 8.39. The lowest BCUT2D eigenvalue weighted by Gasteiger charge is -2.32. The molecule has 3 atom stereocenters. The number of nitrogens with one attached hydrogen (secondary N) is 1. The van der Waals surface area contributed by atoms with Gasteiger partial charge in [-0.1, -0.05) is 36.4 Å². The molecular formula is C23H21F4N3O4. The van der Waals surface area contributed by atoms with Crippen LogP contribution in [0, 0.1) is 5.82 Å². The molecule has 4 amide bonds. The molecule has 2 aliphatic rings. The zero-order chi connectivity index (χ0) is 24.8. The molecule has 0 bridgehead atoms. The van der Waals surface area contributed by atoms with Gasteiger partial charge in [0, 0.05) is 13.0 Å². The number of rotatable bonds is 5. The zero-order valence-corrected chi connectivity index (χ0v) is 18.0. The van der Waals surface area contributed by atoms with Gasteiger partial charge in [0.1, 0.15) is 23.9 Å². The minimum atomic E-state index is -4.78. The van der Waals surface area contributed by atoms with Gasteiger partial charge in [0.2, 0.25) is 5.91 Å². The van der Waals surface area contributed by atoms with Gasteiger partial charge < -0.3 is 15.3 Å². The lowest BCUT2D eigenvalue weighted by atomic mass is 9.92. The summed E-state index contributed by atoms with van der Waals surface area (Å²) in [5.41, 5.74) is -0.520. The van der Waals surface area contributed by atoms with E-state index >= 15 is 0 Å². The van der Waals surface area contributed by atoms with Gasteiger partial charge in [-0.3, -0.25) is 14.5 Å². The van der Waals surface area contributed by atoms with Crippen molar-refractivity contribution < 1.29 is 37.1 Å². The van der Waals surface area contributed by atoms with E-state index in [0.717, 1.165) is 19.1 Å². The maximum Gasteiger partial charge on any atom is 0.408 e. The molecule has 7 nitrogen and oxygen atoms in total. The van der Waals surface area contributed by atoms with Crippen molar-refractivity contribution in [1.29, 1.82) is 0 Å². The van der Waals surface area contributed by atoms with E-state index in [2.05, 4.69) is 5.32 Å². The molecule has 2 N–H and O–H groups in total. The van der Waals surface area contributed by atoms with E-state index in [0.29, 0.717) is 20.9 Å². The number of alkyl halides is 3. The first-order valence-corrected chi connectivity index (χ1v) is 10.5. The predicted octanol–water partition coefficient (Wildman–Crippen LogP) is 2.99. The Morgan fingerprint density at radius 1 is 1.21 bits per heavy atom. The fraction of sp³-hybridized carbons (Fsp3) is 0.348. The number of aliphatic hydroxyl groups is 1. The number of benzene rings is 2. The first-order valence-electron chi connectivity index (χ1n) is 10.5. The van der Waals surface area contributed by atoms with Crippen molar-refractivity contribution in [2.24, 2.45) is 0 Å². The van der Waals surface area contributed by atoms with Crippen LogP contribution in [0.25, 0.3) is 0 Å². The van der Waals surface area contributed by atoms with Crippen LogP contribution in [-0.4, -0.2) is 51.5 Å². The van der Waals surface area contributed by atoms with Crippen LogP contribution in [-0.2, 0) is 21.7 Å². The fourth-order valence-corrected chi connectivity index (χ4v) is 4.41. The first kappa shape index (κ1) is 23.7. The summed E-state index contributed by atoms with van der Waals surface area (Å²) >= 11 is 0. The van der Waals surface area contributed by atoms with E-state index in [1.807, 2.05) is 0 Å². The van der Waals surface area contributed by atoms with Gasteiger partial charge in [-0.15, -0.1) is 0 Å². The summed E-state index contributed by atoms with van der Waals surface area (Å²) < 4.78 is 53.7. The first-order chi connectivity index (χ1) is 15.9. The molecule has 1 unspecified atom stereocenters. The van der Waals surface area contributed by atoms with Crippen LogP contribution in [0.2, 0.25) is 0 Å². The number of carbonyl (C=O) groups excluding carboxylic acids is 3. The van der Waals surface area contributed by atoms with Crippen LogP contribution in [0.5, 0.6) is 0 Å². The van der Waals surface area contributed by atoms with E-state index in [9.17, 15) is 37.1 Å². The molecule has 1 fully saturated rings. The molecule has 1 saturated heterocycles. The van der Waals surface area contributed by atoms with Crippen LogP contribution in [0.3, 0.4) is 0 Å². The lowest BCUT2D eigenvalue weighted by Crippen LogP contribution is -2.51. The molecule has 34 heavy (non-hydrogen) atoms. The third kappa shape index (κ3) is 4.00. The van der Waals surface area contributed by atoms with Crippen molar-refractivity contribution in [1.82, 2.24) is 15.1 Å². The molecule has 0 aromatic heterocycles. The molecule has 0 radical (unpaired) electrons. The highest BCUT2D eigenvalue weighted by Gasteiger charge is 2.58. The van der Waals surface area contributed by atoms with Crippen LogP contribution >= 0.6 is 0 Å². The molecule has 1 spiro atoms. The van der Waals surface area contributed by atoms with E-state index < -0.39 is 60.6 Å². The number of fused-ring (bicyclic) bond motifs is 2. The number of hydrogen-bond donors (Lipinski definition) is 2. The number of urea groups is 1. The van der Waals surface area contributed by atoms with Crippen molar-refractivity contribution in [2.75, 3.05) is 6.54 Å². The van der Waals surface area contributed by atoms with Crippen LogP contribution in [0.4, 0.5) is 22.4 Å². The van der Waals surface area contributed by atoms with Crippen molar-refractivity contribution in [3.63, 3.8) is 0 Å². The summed E-state index contributed by atoms with van der Waals surface area (Å²) in [6.45, 7) is -0.638. The second-order valence-electron chi connectivity index (χ2n) is 8.40. The molecule has 180 valence electrons. The topological polar surface area (TPSA) is 90.0 Å². The average Bonchev–Trinajstić information content (AvgIpc) is 3.20. The molecule has 4 rings (SSSR count). The summed E-state index contributed by atoms with van der Waals surface area (Å²) in [5.74, 6) is -2.52. The van der Waals surface area contributed by atoms with Crippen molar-refractivity contribution in [2.45, 2.75) is 43.8 Å². The maximum atomic E-state index is 13.5. The van der Waals surface area contributed by atoms with Crippen LogP contribution < -0.4 is 5.32 Å². The Labute approximate surface area is 192 Å². The Kier molecular flexibility index (Phi) is 5.84. The summed E-state index contributed by atoms with van der Waals surface area (Å²) in [7, 11) is 0. The van der Waals surface area contributed by atoms with Gasteiger partial charge in [-0.25, -0.2) is 9.18 Å². The maximum absolute atomic E-state index is 13.5. The van der Waals surface area contributed by atoms with Crippen molar-refractivity contribution in [3.05, 3.63) is 71.0 Å². The normalized spacial score (nSPS) is 22.6. The SMILES string of the molecule is CC(N(Cc1ccc(F)cc1)C(=O)CN1C(=O)N[C@]2(C[C@@H](O)c3ccccc32)C1=O)C(F)(F)F. The number of aliphatic hydroxyl groups excluding tert-OH is 1. The lowest BCUT2D eigenvalue weighted by molar-refractivity contribution is -0.187. The van der Waals surface area contributed by atoms with E-state index in [4.69, 9.17) is 0 Å². The Morgan fingerprint density at radius 2 is 1.85 bits per heavy atom. The molecule has 1 aliphatic carbocycles. The summed E-state index contributed by atoms with van der Waals surface area (Å²) in [4.78, 5) is 40.0. The van der Waals surface area contributed by atoms with Gasteiger partial charge in [0.05, 0.1) is 6.10 Å². The average molecular weight is 479 g/mol. The predicted molar refractivity (Wildman–Crippen MR) is 110 cm³/mol. The number of nitrogens with zero attached hydrogens (tertiary/aromatic N) is 2. The van der Waals surface area contributed by atoms with E-state index in [-0.39, 0.29) is 12.0 Å². The van der Waals surface area contributed by atoms with Gasteiger partial charge in [0.25, 0.3) is 5.91 Å². The molecular weight excluding hydrogens is 458 g/mol. The van der Waals surface area contributed by atoms with Gasteiger partial charge in [-0.05, 0) is 35.7 Å². The molecule has 1 heterocycles. The Morgan fingerprint density at radius 3 is 2.50 bits per heavy atom. The van der Waals surface area contributed by atoms with E-state index in [1.54, 1.807) is 24.3 Å². The molecule has 1 aliphatic heterocycles. The Hall–Kier alpha value is -3.47. The number of halogens is 4. The number of imide groups is 1. The third-order valence-corrected chi connectivity index (χ3v) is 6.28. The minimum Gasteiger partial charge on any atom is -0.388 e. The van der Waals surface area contributed by atoms with Crippen LogP contribution in [0.1, 0.15) is 36.1 Å². The fourth-order valence-electron chi connectivity index (χ4n) is 4.41. The minimum absolute atomic E-state index is 0.153. The number of amides is 4. The van der Waals surface area contributed by atoms with Gasteiger partial charge in [0.15, 0.2) is 0 Å². The third-order valence-electron chi connectivity index (χ3n) is 6.28. The highest BCUT2D eigenvalue weighted by molar-refractivity contribution is 6.10. The van der Waals surface area contributed by atoms with Gasteiger partial charge >= 0.3 is 12.2 Å². The summed E-state index contributed by atoms with van der Waals surface area (Å²) in [6.07, 6.45) is -5.96. The van der Waals surface area contributed by atoms with Crippen molar-refractivity contribution in [3.8, 4) is 0 Å². The molecule has 2 aromatic carbocycles. The highest BCUT2D eigenvalue weighted by Crippen LogP contribution is 2.46. The Balaban J connectivity index is 1.60. The second-order valence-corrected chi connectivity index (χ2v) is 8.40.